The summed E-state index contributed by atoms with van der Waals surface area (Å²) in [5.41, 5.74) is 1.90. The number of aromatic nitrogens is 1. The van der Waals surface area contributed by atoms with Crippen LogP contribution in [0.1, 0.15) is 29.6 Å². The molecule has 128 valence electrons. The predicted molar refractivity (Wildman–Crippen MR) is 87.7 cm³/mol. The van der Waals surface area contributed by atoms with Gasteiger partial charge < -0.3 is 19.4 Å². The number of hydrogen-bond acceptors (Lipinski definition) is 5. The van der Waals surface area contributed by atoms with Crippen LogP contribution in [0.25, 0.3) is 11.1 Å². The Labute approximate surface area is 140 Å². The molecule has 0 aliphatic carbocycles. The van der Waals surface area contributed by atoms with Gasteiger partial charge in [-0.25, -0.2) is 4.98 Å². The van der Waals surface area contributed by atoms with Gasteiger partial charge in [-0.3, -0.25) is 9.59 Å². The van der Waals surface area contributed by atoms with E-state index >= 15 is 0 Å². The SMILES string of the molecule is COCCc1nc2ccc(C(=O)N3CC[C@@H](NC(C)=O)C3)cc2o1. The van der Waals surface area contributed by atoms with Crippen molar-refractivity contribution in [3.8, 4) is 0 Å². The highest BCUT2D eigenvalue weighted by Gasteiger charge is 2.27. The molecule has 2 amide bonds. The monoisotopic (exact) mass is 331 g/mol. The van der Waals surface area contributed by atoms with E-state index in [0.717, 1.165) is 11.9 Å². The lowest BCUT2D eigenvalue weighted by molar-refractivity contribution is -0.119. The van der Waals surface area contributed by atoms with E-state index in [1.165, 1.54) is 6.92 Å². The molecular weight excluding hydrogens is 310 g/mol. The van der Waals surface area contributed by atoms with Gasteiger partial charge in [-0.1, -0.05) is 0 Å². The van der Waals surface area contributed by atoms with Gasteiger partial charge in [-0.2, -0.15) is 0 Å². The molecule has 24 heavy (non-hydrogen) atoms. The summed E-state index contributed by atoms with van der Waals surface area (Å²) in [6.45, 7) is 3.20. The summed E-state index contributed by atoms with van der Waals surface area (Å²) in [7, 11) is 1.63. The number of nitrogens with zero attached hydrogens (tertiary/aromatic N) is 2. The Morgan fingerprint density at radius 2 is 2.29 bits per heavy atom. The van der Waals surface area contributed by atoms with E-state index in [1.54, 1.807) is 30.2 Å². The number of ether oxygens (including phenoxy) is 1. The van der Waals surface area contributed by atoms with E-state index in [0.29, 0.717) is 43.2 Å². The summed E-state index contributed by atoms with van der Waals surface area (Å²) in [5, 5.41) is 2.86. The number of carbonyl (C=O) groups is 2. The van der Waals surface area contributed by atoms with Gasteiger partial charge in [-0.15, -0.1) is 0 Å². The summed E-state index contributed by atoms with van der Waals surface area (Å²) in [6.07, 6.45) is 1.37. The van der Waals surface area contributed by atoms with Crippen molar-refractivity contribution >= 4 is 22.9 Å². The average Bonchev–Trinajstić information content (AvgIpc) is 3.17. The lowest BCUT2D eigenvalue weighted by atomic mass is 10.2. The Kier molecular flexibility index (Phi) is 4.80. The summed E-state index contributed by atoms with van der Waals surface area (Å²) in [6, 6.07) is 5.32. The lowest BCUT2D eigenvalue weighted by Crippen LogP contribution is -2.37. The molecule has 0 radical (unpaired) electrons. The molecule has 1 fully saturated rings. The molecule has 1 aliphatic heterocycles. The summed E-state index contributed by atoms with van der Waals surface area (Å²) >= 11 is 0. The average molecular weight is 331 g/mol. The Morgan fingerprint density at radius 1 is 1.46 bits per heavy atom. The van der Waals surface area contributed by atoms with Crippen molar-refractivity contribution in [2.24, 2.45) is 0 Å². The van der Waals surface area contributed by atoms with E-state index < -0.39 is 0 Å². The topological polar surface area (TPSA) is 84.7 Å². The van der Waals surface area contributed by atoms with Gasteiger partial charge in [0, 0.05) is 45.1 Å². The van der Waals surface area contributed by atoms with Crippen molar-refractivity contribution in [3.63, 3.8) is 0 Å². The van der Waals surface area contributed by atoms with Gasteiger partial charge in [-0.05, 0) is 24.6 Å². The van der Waals surface area contributed by atoms with Crippen molar-refractivity contribution in [1.82, 2.24) is 15.2 Å². The first kappa shape index (κ1) is 16.4. The summed E-state index contributed by atoms with van der Waals surface area (Å²) in [5.74, 6) is 0.476. The molecule has 2 aromatic rings. The molecule has 1 atom stereocenters. The van der Waals surface area contributed by atoms with Crippen molar-refractivity contribution in [2.45, 2.75) is 25.8 Å². The second kappa shape index (κ2) is 7.00. The normalized spacial score (nSPS) is 17.4. The van der Waals surface area contributed by atoms with E-state index in [1.807, 2.05) is 0 Å². The van der Waals surface area contributed by atoms with Crippen LogP contribution in [0.5, 0.6) is 0 Å². The van der Waals surface area contributed by atoms with E-state index in [-0.39, 0.29) is 17.9 Å². The molecule has 1 saturated heterocycles. The predicted octanol–water partition coefficient (Wildman–Crippen LogP) is 1.37. The number of hydrogen-bond donors (Lipinski definition) is 1. The molecule has 1 N–H and O–H groups in total. The first-order chi connectivity index (χ1) is 11.6. The third kappa shape index (κ3) is 3.56. The second-order valence-corrected chi connectivity index (χ2v) is 5.97. The molecule has 0 saturated carbocycles. The van der Waals surface area contributed by atoms with Crippen molar-refractivity contribution in [2.75, 3.05) is 26.8 Å². The maximum atomic E-state index is 12.6. The summed E-state index contributed by atoms with van der Waals surface area (Å²) < 4.78 is 10.7. The van der Waals surface area contributed by atoms with E-state index in [2.05, 4.69) is 10.3 Å². The standard InChI is InChI=1S/C17H21N3O4/c1-11(21)18-13-5-7-20(10-13)17(22)12-3-4-14-15(9-12)24-16(19-14)6-8-23-2/h3-4,9,13H,5-8,10H2,1-2H3,(H,18,21)/t13-/m1/s1. The van der Waals surface area contributed by atoms with Crippen molar-refractivity contribution in [1.29, 1.82) is 0 Å². The van der Waals surface area contributed by atoms with Gasteiger partial charge in [0.05, 0.1) is 6.61 Å². The fourth-order valence-corrected chi connectivity index (χ4v) is 2.93. The number of methoxy groups -OCH3 is 1. The third-order valence-corrected chi connectivity index (χ3v) is 4.08. The van der Waals surface area contributed by atoms with Crippen molar-refractivity contribution < 1.29 is 18.7 Å². The quantitative estimate of drug-likeness (QED) is 0.894. The highest BCUT2D eigenvalue weighted by molar-refractivity contribution is 5.97. The fourth-order valence-electron chi connectivity index (χ4n) is 2.93. The van der Waals surface area contributed by atoms with Crippen LogP contribution in [0.2, 0.25) is 0 Å². The Balaban J connectivity index is 1.72. The Bertz CT molecular complexity index is 755. The Hall–Kier alpha value is -2.41. The number of oxazole rings is 1. The van der Waals surface area contributed by atoms with Crippen LogP contribution in [0.3, 0.4) is 0 Å². The van der Waals surface area contributed by atoms with Crippen molar-refractivity contribution in [3.05, 3.63) is 29.7 Å². The maximum Gasteiger partial charge on any atom is 0.254 e. The van der Waals surface area contributed by atoms with Crippen LogP contribution in [0, 0.1) is 0 Å². The highest BCUT2D eigenvalue weighted by atomic mass is 16.5. The van der Waals surface area contributed by atoms with Gasteiger partial charge in [0.1, 0.15) is 5.52 Å². The number of rotatable bonds is 5. The second-order valence-electron chi connectivity index (χ2n) is 5.97. The molecule has 1 aromatic heterocycles. The molecular formula is C17H21N3O4. The lowest BCUT2D eigenvalue weighted by Gasteiger charge is -2.16. The molecule has 2 heterocycles. The molecule has 0 bridgehead atoms. The zero-order chi connectivity index (χ0) is 17.1. The van der Waals surface area contributed by atoms with Crippen LogP contribution in [0.4, 0.5) is 0 Å². The minimum absolute atomic E-state index is 0.0288. The number of carbonyl (C=O) groups excluding carboxylic acids is 2. The molecule has 1 aliphatic rings. The summed E-state index contributed by atoms with van der Waals surface area (Å²) in [4.78, 5) is 29.9. The fraction of sp³-hybridized carbons (Fsp3) is 0.471. The molecule has 0 unspecified atom stereocenters. The van der Waals surface area contributed by atoms with Crippen LogP contribution in [0.15, 0.2) is 22.6 Å². The maximum absolute atomic E-state index is 12.6. The van der Waals surface area contributed by atoms with Gasteiger partial charge in [0.25, 0.3) is 5.91 Å². The van der Waals surface area contributed by atoms with E-state index in [4.69, 9.17) is 9.15 Å². The molecule has 1 aromatic carbocycles. The number of nitrogens with one attached hydrogen (secondary N) is 1. The third-order valence-electron chi connectivity index (χ3n) is 4.08. The van der Waals surface area contributed by atoms with Gasteiger partial charge in [0.15, 0.2) is 11.5 Å². The highest BCUT2D eigenvalue weighted by Crippen LogP contribution is 2.20. The first-order valence-electron chi connectivity index (χ1n) is 8.01. The minimum atomic E-state index is -0.0685. The van der Waals surface area contributed by atoms with Crippen LogP contribution in [-0.2, 0) is 16.0 Å². The zero-order valence-corrected chi connectivity index (χ0v) is 13.9. The van der Waals surface area contributed by atoms with Gasteiger partial charge in [0.2, 0.25) is 5.91 Å². The molecule has 7 heteroatoms. The smallest absolute Gasteiger partial charge is 0.254 e. The first-order valence-corrected chi connectivity index (χ1v) is 8.01. The largest absolute Gasteiger partial charge is 0.441 e. The molecule has 0 spiro atoms. The van der Waals surface area contributed by atoms with E-state index in [9.17, 15) is 9.59 Å². The number of likely N-dealkylation sites (tertiary alicyclic amines) is 1. The molecule has 3 rings (SSSR count). The molecule has 7 nitrogen and oxygen atoms in total. The number of amides is 2. The number of benzene rings is 1. The number of fused-ring (bicyclic) bond motifs is 1. The Morgan fingerprint density at radius 3 is 3.04 bits per heavy atom. The van der Waals surface area contributed by atoms with Crippen LogP contribution in [-0.4, -0.2) is 54.5 Å². The van der Waals surface area contributed by atoms with Crippen LogP contribution < -0.4 is 5.32 Å². The van der Waals surface area contributed by atoms with Gasteiger partial charge >= 0.3 is 0 Å². The minimum Gasteiger partial charge on any atom is -0.441 e. The van der Waals surface area contributed by atoms with Crippen LogP contribution >= 0.6 is 0 Å². The zero-order valence-electron chi connectivity index (χ0n) is 13.9.